The molecule has 4 rings (SSSR count). The van der Waals surface area contributed by atoms with Gasteiger partial charge < -0.3 is 9.73 Å². The second-order valence-corrected chi connectivity index (χ2v) is 6.68. The minimum Gasteiger partial charge on any atom is -0.454 e. The zero-order chi connectivity index (χ0) is 17.4. The Balaban J connectivity index is 1.49. The first-order chi connectivity index (χ1) is 12.1. The van der Waals surface area contributed by atoms with Crippen LogP contribution in [0.15, 0.2) is 46.2 Å². The summed E-state index contributed by atoms with van der Waals surface area (Å²) in [5.74, 6) is 0.535. The van der Waals surface area contributed by atoms with E-state index >= 15 is 0 Å². The number of anilines is 1. The van der Waals surface area contributed by atoms with E-state index in [1.54, 1.807) is 4.68 Å². The van der Waals surface area contributed by atoms with Gasteiger partial charge in [-0.25, -0.2) is 4.98 Å². The summed E-state index contributed by atoms with van der Waals surface area (Å²) in [5, 5.41) is 10.6. The van der Waals surface area contributed by atoms with Gasteiger partial charge >= 0.3 is 0 Å². The fraction of sp³-hybridized carbons (Fsp3) is 0.167. The largest absolute Gasteiger partial charge is 0.454 e. The molecule has 3 heterocycles. The van der Waals surface area contributed by atoms with Crippen LogP contribution >= 0.6 is 11.3 Å². The number of amides is 1. The number of hydrogen-bond donors (Lipinski definition) is 1. The predicted octanol–water partition coefficient (Wildman–Crippen LogP) is 4.01. The monoisotopic (exact) mass is 352 g/mol. The number of furan rings is 1. The molecule has 126 valence electrons. The Morgan fingerprint density at radius 1 is 1.28 bits per heavy atom. The number of aromatic nitrogens is 3. The number of nitrogens with one attached hydrogen (secondary N) is 1. The highest BCUT2D eigenvalue weighted by atomic mass is 32.1. The third-order valence-corrected chi connectivity index (χ3v) is 4.58. The van der Waals surface area contributed by atoms with Crippen LogP contribution in [0.25, 0.3) is 22.4 Å². The van der Waals surface area contributed by atoms with Crippen molar-refractivity contribution in [2.24, 2.45) is 0 Å². The molecule has 0 saturated heterocycles. The van der Waals surface area contributed by atoms with Crippen molar-refractivity contribution in [3.63, 3.8) is 0 Å². The van der Waals surface area contributed by atoms with Crippen LogP contribution in [0.4, 0.5) is 5.13 Å². The second-order valence-electron chi connectivity index (χ2n) is 5.82. The lowest BCUT2D eigenvalue weighted by atomic mass is 10.2. The molecule has 0 bridgehead atoms. The zero-order valence-corrected chi connectivity index (χ0v) is 14.6. The van der Waals surface area contributed by atoms with Crippen molar-refractivity contribution in [3.05, 3.63) is 53.2 Å². The van der Waals surface area contributed by atoms with Crippen LogP contribution in [0.1, 0.15) is 11.4 Å². The maximum atomic E-state index is 12.2. The zero-order valence-electron chi connectivity index (χ0n) is 13.8. The number of fused-ring (bicyclic) bond motifs is 1. The van der Waals surface area contributed by atoms with Crippen LogP contribution in [-0.4, -0.2) is 20.7 Å². The second kappa shape index (κ2) is 6.18. The van der Waals surface area contributed by atoms with Gasteiger partial charge in [0.1, 0.15) is 17.8 Å². The number of para-hydroxylation sites is 1. The van der Waals surface area contributed by atoms with E-state index in [2.05, 4.69) is 15.4 Å². The number of nitrogens with zero attached hydrogens (tertiary/aromatic N) is 3. The summed E-state index contributed by atoms with van der Waals surface area (Å²) in [7, 11) is 0. The topological polar surface area (TPSA) is 73.0 Å². The predicted molar refractivity (Wildman–Crippen MR) is 97.7 cm³/mol. The first kappa shape index (κ1) is 15.6. The normalized spacial score (nSPS) is 11.1. The molecule has 1 amide bonds. The van der Waals surface area contributed by atoms with Crippen LogP contribution in [0.5, 0.6) is 0 Å². The number of thiazole rings is 1. The van der Waals surface area contributed by atoms with Gasteiger partial charge in [0.2, 0.25) is 5.91 Å². The maximum absolute atomic E-state index is 12.2. The summed E-state index contributed by atoms with van der Waals surface area (Å²) in [6, 6.07) is 11.7. The van der Waals surface area contributed by atoms with E-state index in [0.717, 1.165) is 22.4 Å². The molecule has 7 heteroatoms. The van der Waals surface area contributed by atoms with Crippen molar-refractivity contribution in [2.75, 3.05) is 5.32 Å². The lowest BCUT2D eigenvalue weighted by Crippen LogP contribution is -2.20. The molecule has 0 unspecified atom stereocenters. The van der Waals surface area contributed by atoms with Crippen LogP contribution in [0.2, 0.25) is 0 Å². The van der Waals surface area contributed by atoms with E-state index in [0.29, 0.717) is 16.6 Å². The molecule has 0 spiro atoms. The van der Waals surface area contributed by atoms with Crippen molar-refractivity contribution >= 4 is 33.3 Å². The molecule has 0 aliphatic carbocycles. The van der Waals surface area contributed by atoms with E-state index in [-0.39, 0.29) is 12.5 Å². The SMILES string of the molecule is Cc1cc(C)n(CC(=O)Nc2nc(-c3cc4ccccc4o3)cs2)n1. The number of carbonyl (C=O) groups is 1. The lowest BCUT2D eigenvalue weighted by Gasteiger charge is -2.03. The van der Waals surface area contributed by atoms with E-state index < -0.39 is 0 Å². The molecule has 6 nitrogen and oxygen atoms in total. The van der Waals surface area contributed by atoms with Crippen LogP contribution in [-0.2, 0) is 11.3 Å². The lowest BCUT2D eigenvalue weighted by molar-refractivity contribution is -0.116. The van der Waals surface area contributed by atoms with Gasteiger partial charge in [-0.05, 0) is 32.0 Å². The third-order valence-electron chi connectivity index (χ3n) is 3.83. The van der Waals surface area contributed by atoms with Gasteiger partial charge in [-0.2, -0.15) is 5.10 Å². The summed E-state index contributed by atoms with van der Waals surface area (Å²) >= 11 is 1.37. The molecule has 3 aromatic heterocycles. The molecule has 0 radical (unpaired) electrons. The summed E-state index contributed by atoms with van der Waals surface area (Å²) in [6.07, 6.45) is 0. The minimum absolute atomic E-state index is 0.156. The van der Waals surface area contributed by atoms with Crippen molar-refractivity contribution in [1.29, 1.82) is 0 Å². The summed E-state index contributed by atoms with van der Waals surface area (Å²) in [5.41, 5.74) is 3.38. The van der Waals surface area contributed by atoms with Crippen molar-refractivity contribution < 1.29 is 9.21 Å². The van der Waals surface area contributed by atoms with Gasteiger partial charge in [-0.15, -0.1) is 11.3 Å². The third kappa shape index (κ3) is 3.18. The van der Waals surface area contributed by atoms with Crippen molar-refractivity contribution in [3.8, 4) is 11.5 Å². The molecule has 1 N–H and O–H groups in total. The molecule has 25 heavy (non-hydrogen) atoms. The fourth-order valence-corrected chi connectivity index (χ4v) is 3.40. The number of aryl methyl sites for hydroxylation is 2. The Morgan fingerprint density at radius 2 is 2.12 bits per heavy atom. The van der Waals surface area contributed by atoms with E-state index in [9.17, 15) is 4.79 Å². The summed E-state index contributed by atoms with van der Waals surface area (Å²) in [4.78, 5) is 16.6. The smallest absolute Gasteiger partial charge is 0.247 e. The van der Waals surface area contributed by atoms with Gasteiger partial charge in [-0.3, -0.25) is 9.48 Å². The highest BCUT2D eigenvalue weighted by Crippen LogP contribution is 2.30. The Hall–Kier alpha value is -2.93. The highest BCUT2D eigenvalue weighted by molar-refractivity contribution is 7.14. The molecule has 4 aromatic rings. The summed E-state index contributed by atoms with van der Waals surface area (Å²) < 4.78 is 7.48. The van der Waals surface area contributed by atoms with Crippen LogP contribution < -0.4 is 5.32 Å². The number of benzene rings is 1. The Kier molecular flexibility index (Phi) is 3.85. The molecule has 0 aliphatic heterocycles. The molecule has 0 atom stereocenters. The standard InChI is InChI=1S/C18H16N4O2S/c1-11-7-12(2)22(21-11)9-17(23)20-18-19-14(10-25-18)16-8-13-5-3-4-6-15(13)24-16/h3-8,10H,9H2,1-2H3,(H,19,20,23). The van der Waals surface area contributed by atoms with Gasteiger partial charge in [0, 0.05) is 16.5 Å². The summed E-state index contributed by atoms with van der Waals surface area (Å²) in [6.45, 7) is 4.00. The molecule has 1 aromatic carbocycles. The maximum Gasteiger partial charge on any atom is 0.247 e. The van der Waals surface area contributed by atoms with E-state index in [1.807, 2.05) is 55.6 Å². The van der Waals surface area contributed by atoms with Gasteiger partial charge in [-0.1, -0.05) is 18.2 Å². The number of carbonyl (C=O) groups excluding carboxylic acids is 1. The fourth-order valence-electron chi connectivity index (χ4n) is 2.68. The first-order valence-corrected chi connectivity index (χ1v) is 8.72. The van der Waals surface area contributed by atoms with E-state index in [4.69, 9.17) is 4.42 Å². The quantitative estimate of drug-likeness (QED) is 0.602. The molecule has 0 saturated carbocycles. The van der Waals surface area contributed by atoms with Gasteiger partial charge in [0.05, 0.1) is 5.69 Å². The van der Waals surface area contributed by atoms with Gasteiger partial charge in [0.15, 0.2) is 10.9 Å². The minimum atomic E-state index is -0.156. The molecule has 0 aliphatic rings. The van der Waals surface area contributed by atoms with Crippen LogP contribution in [0.3, 0.4) is 0 Å². The average Bonchev–Trinajstić information content (AvgIpc) is 3.26. The van der Waals surface area contributed by atoms with Crippen LogP contribution in [0, 0.1) is 13.8 Å². The molecular weight excluding hydrogens is 336 g/mol. The molecular formula is C18H16N4O2S. The Labute approximate surface area is 148 Å². The average molecular weight is 352 g/mol. The number of rotatable bonds is 4. The number of hydrogen-bond acceptors (Lipinski definition) is 5. The van der Waals surface area contributed by atoms with E-state index in [1.165, 1.54) is 11.3 Å². The Bertz CT molecular complexity index is 1030. The van der Waals surface area contributed by atoms with Crippen molar-refractivity contribution in [2.45, 2.75) is 20.4 Å². The van der Waals surface area contributed by atoms with Gasteiger partial charge in [0.25, 0.3) is 0 Å². The molecule has 0 fully saturated rings. The highest BCUT2D eigenvalue weighted by Gasteiger charge is 2.13. The first-order valence-electron chi connectivity index (χ1n) is 7.84. The Morgan fingerprint density at radius 3 is 2.88 bits per heavy atom. The van der Waals surface area contributed by atoms with Crippen molar-refractivity contribution in [1.82, 2.24) is 14.8 Å².